The SMILES string of the molecule is C=CCC(OC(=O)C(F)(F)F)C(N)=O. The number of hydrogen-bond donors (Lipinski definition) is 1. The van der Waals surface area contributed by atoms with Gasteiger partial charge in [-0.1, -0.05) is 6.08 Å². The first kappa shape index (κ1) is 12.5. The van der Waals surface area contributed by atoms with E-state index in [4.69, 9.17) is 0 Å². The average Bonchev–Trinajstić information content (AvgIpc) is 2.01. The van der Waals surface area contributed by atoms with Crippen LogP contribution in [-0.4, -0.2) is 24.2 Å². The second-order valence-corrected chi connectivity index (χ2v) is 2.32. The summed E-state index contributed by atoms with van der Waals surface area (Å²) in [5.41, 5.74) is 4.68. The van der Waals surface area contributed by atoms with E-state index >= 15 is 0 Å². The van der Waals surface area contributed by atoms with Crippen molar-refractivity contribution < 1.29 is 27.5 Å². The van der Waals surface area contributed by atoms with E-state index in [-0.39, 0.29) is 6.42 Å². The Morgan fingerprint density at radius 1 is 1.50 bits per heavy atom. The maximum Gasteiger partial charge on any atom is 0.490 e. The lowest BCUT2D eigenvalue weighted by molar-refractivity contribution is -0.204. The number of rotatable bonds is 4. The van der Waals surface area contributed by atoms with Crippen molar-refractivity contribution in [3.8, 4) is 0 Å². The third-order valence-electron chi connectivity index (χ3n) is 1.18. The Morgan fingerprint density at radius 3 is 2.29 bits per heavy atom. The van der Waals surface area contributed by atoms with E-state index in [1.54, 1.807) is 0 Å². The van der Waals surface area contributed by atoms with E-state index in [9.17, 15) is 22.8 Å². The van der Waals surface area contributed by atoms with Crippen molar-refractivity contribution in [1.29, 1.82) is 0 Å². The molecule has 1 unspecified atom stereocenters. The number of alkyl halides is 3. The van der Waals surface area contributed by atoms with Gasteiger partial charge in [-0.25, -0.2) is 4.79 Å². The molecule has 0 fully saturated rings. The first-order chi connectivity index (χ1) is 6.29. The maximum absolute atomic E-state index is 11.7. The third kappa shape index (κ3) is 3.92. The van der Waals surface area contributed by atoms with Gasteiger partial charge in [0.15, 0.2) is 6.10 Å². The Kier molecular flexibility index (Phi) is 4.13. The molecule has 4 nitrogen and oxygen atoms in total. The summed E-state index contributed by atoms with van der Waals surface area (Å²) in [4.78, 5) is 20.7. The Hall–Kier alpha value is -1.53. The number of esters is 1. The van der Waals surface area contributed by atoms with Gasteiger partial charge >= 0.3 is 12.1 Å². The third-order valence-corrected chi connectivity index (χ3v) is 1.18. The molecule has 0 spiro atoms. The van der Waals surface area contributed by atoms with Gasteiger partial charge in [0.05, 0.1) is 0 Å². The molecule has 0 bridgehead atoms. The number of hydrogen-bond acceptors (Lipinski definition) is 3. The standard InChI is InChI=1S/C7H8F3NO3/c1-2-3-4(5(11)12)14-6(13)7(8,9)10/h2,4H,1,3H2,(H2,11,12). The molecule has 0 saturated carbocycles. The highest BCUT2D eigenvalue weighted by atomic mass is 19.4. The van der Waals surface area contributed by atoms with Gasteiger partial charge in [0.1, 0.15) is 0 Å². The highest BCUT2D eigenvalue weighted by molar-refractivity contribution is 5.84. The van der Waals surface area contributed by atoms with Gasteiger partial charge in [-0.3, -0.25) is 4.79 Å². The molecule has 0 heterocycles. The average molecular weight is 211 g/mol. The van der Waals surface area contributed by atoms with E-state index in [0.717, 1.165) is 6.08 Å². The van der Waals surface area contributed by atoms with Gasteiger partial charge in [-0.15, -0.1) is 6.58 Å². The number of carbonyl (C=O) groups excluding carboxylic acids is 2. The van der Waals surface area contributed by atoms with Crippen LogP contribution < -0.4 is 5.73 Å². The highest BCUT2D eigenvalue weighted by Crippen LogP contribution is 2.18. The van der Waals surface area contributed by atoms with Crippen LogP contribution in [0.4, 0.5) is 13.2 Å². The topological polar surface area (TPSA) is 69.4 Å². The van der Waals surface area contributed by atoms with Crippen LogP contribution in [0.15, 0.2) is 12.7 Å². The van der Waals surface area contributed by atoms with Crippen molar-refractivity contribution in [2.75, 3.05) is 0 Å². The Balaban J connectivity index is 4.38. The van der Waals surface area contributed by atoms with Crippen LogP contribution >= 0.6 is 0 Å². The largest absolute Gasteiger partial charge is 0.490 e. The summed E-state index contributed by atoms with van der Waals surface area (Å²) in [6.45, 7) is 3.17. The van der Waals surface area contributed by atoms with Gasteiger partial charge in [0.25, 0.3) is 5.91 Å². The summed E-state index contributed by atoms with van der Waals surface area (Å²) < 4.78 is 38.8. The molecule has 0 aliphatic rings. The Bertz CT molecular complexity index is 249. The van der Waals surface area contributed by atoms with Crippen LogP contribution in [-0.2, 0) is 14.3 Å². The van der Waals surface area contributed by atoms with Gasteiger partial charge in [-0.05, 0) is 0 Å². The van der Waals surface area contributed by atoms with Crippen LogP contribution in [0.1, 0.15) is 6.42 Å². The van der Waals surface area contributed by atoms with E-state index in [0.29, 0.717) is 0 Å². The van der Waals surface area contributed by atoms with Crippen molar-refractivity contribution in [3.05, 3.63) is 12.7 Å². The van der Waals surface area contributed by atoms with Crippen molar-refractivity contribution in [2.24, 2.45) is 5.73 Å². The fourth-order valence-corrected chi connectivity index (χ4v) is 0.570. The number of ether oxygens (including phenoxy) is 1. The lowest BCUT2D eigenvalue weighted by atomic mass is 10.2. The highest BCUT2D eigenvalue weighted by Gasteiger charge is 2.42. The van der Waals surface area contributed by atoms with Gasteiger partial charge in [-0.2, -0.15) is 13.2 Å². The molecule has 1 amide bonds. The summed E-state index contributed by atoms with van der Waals surface area (Å²) in [6.07, 6.45) is -5.88. The second-order valence-electron chi connectivity index (χ2n) is 2.32. The van der Waals surface area contributed by atoms with Crippen molar-refractivity contribution in [3.63, 3.8) is 0 Å². The minimum Gasteiger partial charge on any atom is -0.445 e. The summed E-state index contributed by atoms with van der Waals surface area (Å²) in [7, 11) is 0. The zero-order chi connectivity index (χ0) is 11.4. The summed E-state index contributed by atoms with van der Waals surface area (Å²) >= 11 is 0. The Labute approximate surface area is 77.5 Å². The first-order valence-electron chi connectivity index (χ1n) is 3.47. The van der Waals surface area contributed by atoms with Crippen LogP contribution in [0.5, 0.6) is 0 Å². The van der Waals surface area contributed by atoms with Gasteiger partial charge in [0, 0.05) is 6.42 Å². The fourth-order valence-electron chi connectivity index (χ4n) is 0.570. The molecular formula is C7H8F3NO3. The van der Waals surface area contributed by atoms with Gasteiger partial charge < -0.3 is 10.5 Å². The predicted octanol–water partition coefficient (Wildman–Crippen LogP) is 0.522. The zero-order valence-electron chi connectivity index (χ0n) is 7.00. The minimum absolute atomic E-state index is 0.253. The molecule has 0 rings (SSSR count). The van der Waals surface area contributed by atoms with Gasteiger partial charge in [0.2, 0.25) is 0 Å². The van der Waals surface area contributed by atoms with E-state index in [1.165, 1.54) is 0 Å². The summed E-state index contributed by atoms with van der Waals surface area (Å²) in [5, 5.41) is 0. The summed E-state index contributed by atoms with van der Waals surface area (Å²) in [6, 6.07) is 0. The molecule has 80 valence electrons. The molecule has 0 saturated heterocycles. The molecule has 0 aromatic carbocycles. The molecule has 2 N–H and O–H groups in total. The number of carbonyl (C=O) groups is 2. The first-order valence-corrected chi connectivity index (χ1v) is 3.47. The lowest BCUT2D eigenvalue weighted by Gasteiger charge is -2.13. The molecule has 1 atom stereocenters. The molecule has 7 heteroatoms. The molecule has 0 aromatic heterocycles. The van der Waals surface area contributed by atoms with E-state index in [2.05, 4.69) is 17.0 Å². The number of amides is 1. The van der Waals surface area contributed by atoms with Crippen LogP contribution in [0, 0.1) is 0 Å². The normalized spacial score (nSPS) is 13.1. The van der Waals surface area contributed by atoms with Crippen LogP contribution in [0.2, 0.25) is 0 Å². The van der Waals surface area contributed by atoms with Crippen molar-refractivity contribution in [2.45, 2.75) is 18.7 Å². The predicted molar refractivity (Wildman–Crippen MR) is 39.9 cm³/mol. The van der Waals surface area contributed by atoms with Crippen LogP contribution in [0.25, 0.3) is 0 Å². The van der Waals surface area contributed by atoms with Crippen molar-refractivity contribution >= 4 is 11.9 Å². The molecule has 0 aliphatic carbocycles. The zero-order valence-corrected chi connectivity index (χ0v) is 7.00. The lowest BCUT2D eigenvalue weighted by Crippen LogP contribution is -2.37. The molecule has 0 aromatic rings. The monoisotopic (exact) mass is 211 g/mol. The molecule has 0 radical (unpaired) electrons. The number of primary amides is 1. The summed E-state index contributed by atoms with van der Waals surface area (Å²) in [5.74, 6) is -3.59. The smallest absolute Gasteiger partial charge is 0.445 e. The maximum atomic E-state index is 11.7. The second kappa shape index (κ2) is 4.64. The van der Waals surface area contributed by atoms with E-state index in [1.807, 2.05) is 0 Å². The minimum atomic E-state index is -5.13. The van der Waals surface area contributed by atoms with Crippen molar-refractivity contribution in [1.82, 2.24) is 0 Å². The van der Waals surface area contributed by atoms with Crippen LogP contribution in [0.3, 0.4) is 0 Å². The molecular weight excluding hydrogens is 203 g/mol. The molecule has 0 aliphatic heterocycles. The number of halogens is 3. The Morgan fingerprint density at radius 2 is 2.00 bits per heavy atom. The molecule has 14 heavy (non-hydrogen) atoms. The number of nitrogens with two attached hydrogens (primary N) is 1. The van der Waals surface area contributed by atoms with E-state index < -0.39 is 24.2 Å². The quantitative estimate of drug-likeness (QED) is 0.544. The fraction of sp³-hybridized carbons (Fsp3) is 0.429.